The first-order chi connectivity index (χ1) is 10.1. The Hall–Kier alpha value is -1.76. The van der Waals surface area contributed by atoms with Gasteiger partial charge in [-0.3, -0.25) is 19.3 Å². The molecule has 0 bridgehead atoms. The minimum atomic E-state index is -0.200. The fraction of sp³-hybridized carbons (Fsp3) is 0.571. The first-order valence-corrected chi connectivity index (χ1v) is 8.07. The van der Waals surface area contributed by atoms with Crippen molar-refractivity contribution in [3.05, 3.63) is 10.6 Å². The Balaban J connectivity index is 1.53. The van der Waals surface area contributed by atoms with E-state index in [4.69, 9.17) is 0 Å². The highest BCUT2D eigenvalue weighted by molar-refractivity contribution is 7.15. The van der Waals surface area contributed by atoms with E-state index in [-0.39, 0.29) is 43.5 Å². The number of rotatable bonds is 4. The van der Waals surface area contributed by atoms with Crippen molar-refractivity contribution in [2.45, 2.75) is 44.9 Å². The molecule has 3 amide bonds. The Labute approximate surface area is 126 Å². The number of carbonyl (C=O) groups is 3. The van der Waals surface area contributed by atoms with Crippen LogP contribution in [-0.4, -0.2) is 34.2 Å². The molecule has 0 atom stereocenters. The van der Waals surface area contributed by atoms with Crippen LogP contribution in [0.3, 0.4) is 0 Å². The Kier molecular flexibility index (Phi) is 4.01. The summed E-state index contributed by atoms with van der Waals surface area (Å²) >= 11 is 1.53. The van der Waals surface area contributed by atoms with E-state index in [1.165, 1.54) is 27.5 Å². The van der Waals surface area contributed by atoms with E-state index >= 15 is 0 Å². The van der Waals surface area contributed by atoms with Crippen LogP contribution in [0.5, 0.6) is 0 Å². The molecule has 112 valence electrons. The highest BCUT2D eigenvalue weighted by Gasteiger charge is 2.28. The van der Waals surface area contributed by atoms with Gasteiger partial charge in [0, 0.05) is 30.7 Å². The minimum Gasteiger partial charge on any atom is -0.302 e. The highest BCUT2D eigenvalue weighted by Crippen LogP contribution is 2.29. The van der Waals surface area contributed by atoms with E-state index in [1.54, 1.807) is 0 Å². The molecule has 3 rings (SSSR count). The van der Waals surface area contributed by atoms with E-state index in [0.717, 1.165) is 25.0 Å². The number of anilines is 1. The van der Waals surface area contributed by atoms with E-state index in [2.05, 4.69) is 10.3 Å². The van der Waals surface area contributed by atoms with E-state index in [0.29, 0.717) is 5.13 Å². The Bertz CT molecular complexity index is 557. The van der Waals surface area contributed by atoms with Crippen molar-refractivity contribution in [2.75, 3.05) is 11.9 Å². The van der Waals surface area contributed by atoms with Crippen LogP contribution in [0.15, 0.2) is 0 Å². The summed E-state index contributed by atoms with van der Waals surface area (Å²) in [6.07, 6.45) is 5.02. The van der Waals surface area contributed by atoms with E-state index < -0.39 is 0 Å². The molecular weight excluding hydrogens is 290 g/mol. The number of fused-ring (bicyclic) bond motifs is 1. The number of aromatic nitrogens is 1. The number of hydrogen-bond acceptors (Lipinski definition) is 5. The molecule has 0 unspecified atom stereocenters. The molecule has 1 aromatic rings. The second kappa shape index (κ2) is 5.93. The molecule has 0 spiro atoms. The quantitative estimate of drug-likeness (QED) is 0.855. The summed E-state index contributed by atoms with van der Waals surface area (Å²) in [4.78, 5) is 41.7. The van der Waals surface area contributed by atoms with Crippen LogP contribution >= 0.6 is 11.3 Å². The van der Waals surface area contributed by atoms with Gasteiger partial charge in [-0.2, -0.15) is 0 Å². The van der Waals surface area contributed by atoms with Crippen LogP contribution in [0, 0.1) is 0 Å². The van der Waals surface area contributed by atoms with Gasteiger partial charge in [-0.1, -0.05) is 0 Å². The molecule has 2 heterocycles. The first kappa shape index (κ1) is 14.2. The fourth-order valence-electron chi connectivity index (χ4n) is 2.67. The number of hydrogen-bond donors (Lipinski definition) is 1. The van der Waals surface area contributed by atoms with Gasteiger partial charge < -0.3 is 5.32 Å². The number of thiazole rings is 1. The van der Waals surface area contributed by atoms with Crippen molar-refractivity contribution in [2.24, 2.45) is 0 Å². The number of carbonyl (C=O) groups excluding carboxylic acids is 3. The number of aryl methyl sites for hydroxylation is 2. The largest absolute Gasteiger partial charge is 0.302 e. The zero-order chi connectivity index (χ0) is 14.8. The van der Waals surface area contributed by atoms with Gasteiger partial charge in [-0.15, -0.1) is 11.3 Å². The normalized spacial score (nSPS) is 18.0. The molecule has 7 heteroatoms. The van der Waals surface area contributed by atoms with Crippen LogP contribution < -0.4 is 5.32 Å². The predicted octanol–water partition coefficient (Wildman–Crippen LogP) is 1.50. The van der Waals surface area contributed by atoms with Crippen molar-refractivity contribution in [1.29, 1.82) is 0 Å². The zero-order valence-electron chi connectivity index (χ0n) is 11.7. The monoisotopic (exact) mass is 307 g/mol. The molecule has 1 fully saturated rings. The van der Waals surface area contributed by atoms with Crippen LogP contribution in [-0.2, 0) is 27.2 Å². The lowest BCUT2D eigenvalue weighted by Crippen LogP contribution is -2.32. The lowest BCUT2D eigenvalue weighted by molar-refractivity contribution is -0.138. The molecule has 21 heavy (non-hydrogen) atoms. The Morgan fingerprint density at radius 2 is 1.86 bits per heavy atom. The van der Waals surface area contributed by atoms with Crippen molar-refractivity contribution < 1.29 is 14.4 Å². The van der Waals surface area contributed by atoms with Gasteiger partial charge in [0.15, 0.2) is 5.13 Å². The Morgan fingerprint density at radius 1 is 1.14 bits per heavy atom. The van der Waals surface area contributed by atoms with Gasteiger partial charge in [-0.25, -0.2) is 4.98 Å². The summed E-state index contributed by atoms with van der Waals surface area (Å²) in [5, 5.41) is 3.40. The van der Waals surface area contributed by atoms with E-state index in [9.17, 15) is 14.4 Å². The summed E-state index contributed by atoms with van der Waals surface area (Å²) in [6, 6.07) is 0. The van der Waals surface area contributed by atoms with Crippen molar-refractivity contribution in [3.63, 3.8) is 0 Å². The SMILES string of the molecule is O=C(CCN1C(=O)CCC1=O)Nc1nc2c(s1)CCCC2. The van der Waals surface area contributed by atoms with Gasteiger partial charge in [0.05, 0.1) is 5.69 Å². The third-order valence-corrected chi connectivity index (χ3v) is 4.88. The number of nitrogens with zero attached hydrogens (tertiary/aromatic N) is 2. The topological polar surface area (TPSA) is 79.4 Å². The minimum absolute atomic E-state index is 0.127. The molecule has 1 aromatic heterocycles. The van der Waals surface area contributed by atoms with Crippen LogP contribution in [0.1, 0.15) is 42.7 Å². The molecule has 1 saturated heterocycles. The maximum absolute atomic E-state index is 11.9. The molecule has 0 saturated carbocycles. The summed E-state index contributed by atoms with van der Waals surface area (Å²) in [5.74, 6) is -0.566. The third-order valence-electron chi connectivity index (χ3n) is 3.81. The molecule has 1 N–H and O–H groups in total. The molecular formula is C14H17N3O3S. The summed E-state index contributed by atoms with van der Waals surface area (Å²) in [5.41, 5.74) is 1.10. The lowest BCUT2D eigenvalue weighted by atomic mass is 10.0. The molecule has 0 radical (unpaired) electrons. The predicted molar refractivity (Wildman–Crippen MR) is 78.0 cm³/mol. The molecule has 2 aliphatic rings. The van der Waals surface area contributed by atoms with Crippen LogP contribution in [0.2, 0.25) is 0 Å². The van der Waals surface area contributed by atoms with Gasteiger partial charge >= 0.3 is 0 Å². The number of nitrogens with one attached hydrogen (secondary N) is 1. The van der Waals surface area contributed by atoms with Crippen molar-refractivity contribution >= 4 is 34.2 Å². The molecule has 1 aliphatic heterocycles. The standard InChI is InChI=1S/C14H17N3O3S/c18-11(7-8-17-12(19)5-6-13(17)20)16-14-15-9-3-1-2-4-10(9)21-14/h1-8H2,(H,15,16,18). The summed E-state index contributed by atoms with van der Waals surface area (Å²) in [6.45, 7) is 0.161. The number of amides is 3. The third kappa shape index (κ3) is 3.12. The van der Waals surface area contributed by atoms with Crippen molar-refractivity contribution in [3.8, 4) is 0 Å². The molecule has 0 aromatic carbocycles. The lowest BCUT2D eigenvalue weighted by Gasteiger charge is -2.12. The number of imide groups is 1. The molecule has 6 nitrogen and oxygen atoms in total. The van der Waals surface area contributed by atoms with Crippen molar-refractivity contribution in [1.82, 2.24) is 9.88 Å². The summed E-state index contributed by atoms with van der Waals surface area (Å²) in [7, 11) is 0. The Morgan fingerprint density at radius 3 is 2.57 bits per heavy atom. The second-order valence-electron chi connectivity index (χ2n) is 5.33. The highest BCUT2D eigenvalue weighted by atomic mass is 32.1. The average molecular weight is 307 g/mol. The van der Waals surface area contributed by atoms with Gasteiger partial charge in [0.2, 0.25) is 17.7 Å². The van der Waals surface area contributed by atoms with E-state index in [1.807, 2.05) is 0 Å². The molecule has 1 aliphatic carbocycles. The maximum Gasteiger partial charge on any atom is 0.229 e. The number of likely N-dealkylation sites (tertiary alicyclic amines) is 1. The fourth-order valence-corrected chi connectivity index (χ4v) is 3.74. The second-order valence-corrected chi connectivity index (χ2v) is 6.42. The smallest absolute Gasteiger partial charge is 0.229 e. The van der Waals surface area contributed by atoms with Crippen LogP contribution in [0.4, 0.5) is 5.13 Å². The maximum atomic E-state index is 11.9. The van der Waals surface area contributed by atoms with Gasteiger partial charge in [0.1, 0.15) is 0 Å². The zero-order valence-corrected chi connectivity index (χ0v) is 12.5. The summed E-state index contributed by atoms with van der Waals surface area (Å²) < 4.78 is 0. The average Bonchev–Trinajstić information content (AvgIpc) is 3.00. The first-order valence-electron chi connectivity index (χ1n) is 7.25. The van der Waals surface area contributed by atoms with Gasteiger partial charge in [-0.05, 0) is 25.7 Å². The van der Waals surface area contributed by atoms with Gasteiger partial charge in [0.25, 0.3) is 0 Å². The van der Waals surface area contributed by atoms with Crippen LogP contribution in [0.25, 0.3) is 0 Å².